The van der Waals surface area contributed by atoms with Gasteiger partial charge < -0.3 is 15.2 Å². The van der Waals surface area contributed by atoms with E-state index in [1.807, 2.05) is 25.1 Å². The molecular weight excluding hydrogens is 274 g/mol. The lowest BCUT2D eigenvalue weighted by Gasteiger charge is -2.12. The molecule has 20 heavy (non-hydrogen) atoms. The summed E-state index contributed by atoms with van der Waals surface area (Å²) in [6.45, 7) is 3.59. The molecule has 1 saturated heterocycles. The molecule has 0 aromatic heterocycles. The lowest BCUT2D eigenvalue weighted by Crippen LogP contribution is -2.17. The Bertz CT molecular complexity index is 417. The summed E-state index contributed by atoms with van der Waals surface area (Å²) >= 11 is 6.23. The molecule has 0 amide bonds. The summed E-state index contributed by atoms with van der Waals surface area (Å²) in [7, 11) is 0. The third-order valence-corrected chi connectivity index (χ3v) is 3.80. The van der Waals surface area contributed by atoms with Gasteiger partial charge in [-0.05, 0) is 56.7 Å². The van der Waals surface area contributed by atoms with Crippen LogP contribution in [0.1, 0.15) is 38.2 Å². The zero-order valence-corrected chi connectivity index (χ0v) is 12.9. The first kappa shape index (κ1) is 15.6. The van der Waals surface area contributed by atoms with Crippen molar-refractivity contribution in [3.63, 3.8) is 0 Å². The van der Waals surface area contributed by atoms with E-state index in [-0.39, 0.29) is 6.04 Å². The van der Waals surface area contributed by atoms with Crippen LogP contribution in [-0.2, 0) is 11.2 Å². The van der Waals surface area contributed by atoms with Crippen LogP contribution in [0.2, 0.25) is 5.02 Å². The standard InChI is InChI=1S/C16H24ClNO2/c1-12(18)10-13-6-7-16(15(17)11-13)20-9-3-5-14-4-2-8-19-14/h6-7,11-12,14H,2-5,8-10,18H2,1H3. The lowest BCUT2D eigenvalue weighted by molar-refractivity contribution is 0.0981. The number of benzene rings is 1. The molecular formula is C16H24ClNO2. The van der Waals surface area contributed by atoms with E-state index < -0.39 is 0 Å². The largest absolute Gasteiger partial charge is 0.492 e. The second kappa shape index (κ2) is 7.87. The molecule has 112 valence electrons. The van der Waals surface area contributed by atoms with Crippen molar-refractivity contribution in [2.45, 2.75) is 51.2 Å². The molecule has 4 heteroatoms. The fourth-order valence-electron chi connectivity index (χ4n) is 2.53. The Morgan fingerprint density at radius 2 is 2.35 bits per heavy atom. The van der Waals surface area contributed by atoms with E-state index in [9.17, 15) is 0 Å². The molecule has 0 spiro atoms. The third kappa shape index (κ3) is 4.97. The topological polar surface area (TPSA) is 44.5 Å². The van der Waals surface area contributed by atoms with E-state index in [2.05, 4.69) is 0 Å². The zero-order valence-electron chi connectivity index (χ0n) is 12.1. The van der Waals surface area contributed by atoms with Crippen LogP contribution in [0.3, 0.4) is 0 Å². The van der Waals surface area contributed by atoms with E-state index >= 15 is 0 Å². The Hall–Kier alpha value is -0.770. The summed E-state index contributed by atoms with van der Waals surface area (Å²) in [5.41, 5.74) is 6.93. The van der Waals surface area contributed by atoms with Gasteiger partial charge in [0.25, 0.3) is 0 Å². The zero-order chi connectivity index (χ0) is 14.4. The molecule has 0 radical (unpaired) electrons. The van der Waals surface area contributed by atoms with Crippen LogP contribution in [-0.4, -0.2) is 25.4 Å². The van der Waals surface area contributed by atoms with Crippen LogP contribution in [0.5, 0.6) is 5.75 Å². The van der Waals surface area contributed by atoms with Gasteiger partial charge >= 0.3 is 0 Å². The Morgan fingerprint density at radius 1 is 1.50 bits per heavy atom. The van der Waals surface area contributed by atoms with Crippen LogP contribution < -0.4 is 10.5 Å². The summed E-state index contributed by atoms with van der Waals surface area (Å²) in [6.07, 6.45) is 5.72. The molecule has 1 aliphatic rings. The van der Waals surface area contributed by atoms with Gasteiger partial charge in [0.05, 0.1) is 17.7 Å². The second-order valence-corrected chi connectivity index (χ2v) is 5.98. The van der Waals surface area contributed by atoms with Crippen molar-refractivity contribution in [1.29, 1.82) is 0 Å². The van der Waals surface area contributed by atoms with Crippen molar-refractivity contribution in [1.82, 2.24) is 0 Å². The minimum absolute atomic E-state index is 0.143. The van der Waals surface area contributed by atoms with Gasteiger partial charge in [0.15, 0.2) is 0 Å². The molecule has 2 rings (SSSR count). The smallest absolute Gasteiger partial charge is 0.137 e. The van der Waals surface area contributed by atoms with E-state index in [0.717, 1.165) is 37.2 Å². The fraction of sp³-hybridized carbons (Fsp3) is 0.625. The highest BCUT2D eigenvalue weighted by Gasteiger charge is 2.14. The highest BCUT2D eigenvalue weighted by atomic mass is 35.5. The molecule has 2 atom stereocenters. The van der Waals surface area contributed by atoms with Crippen LogP contribution in [0.4, 0.5) is 0 Å². The maximum Gasteiger partial charge on any atom is 0.137 e. The van der Waals surface area contributed by atoms with Crippen molar-refractivity contribution < 1.29 is 9.47 Å². The number of ether oxygens (including phenoxy) is 2. The first-order valence-electron chi connectivity index (χ1n) is 7.43. The predicted molar refractivity (Wildman–Crippen MR) is 82.5 cm³/mol. The van der Waals surface area contributed by atoms with Gasteiger partial charge in [0.2, 0.25) is 0 Å². The van der Waals surface area contributed by atoms with Crippen molar-refractivity contribution in [3.8, 4) is 5.75 Å². The normalized spacial score (nSPS) is 20.1. The quantitative estimate of drug-likeness (QED) is 0.783. The van der Waals surface area contributed by atoms with Crippen LogP contribution in [0, 0.1) is 0 Å². The number of nitrogens with two attached hydrogens (primary N) is 1. The molecule has 1 aromatic carbocycles. The number of hydrogen-bond acceptors (Lipinski definition) is 3. The molecule has 2 unspecified atom stereocenters. The van der Waals surface area contributed by atoms with E-state index in [1.54, 1.807) is 0 Å². The first-order valence-corrected chi connectivity index (χ1v) is 7.81. The summed E-state index contributed by atoms with van der Waals surface area (Å²) in [4.78, 5) is 0. The minimum Gasteiger partial charge on any atom is -0.492 e. The minimum atomic E-state index is 0.143. The van der Waals surface area contributed by atoms with Crippen molar-refractivity contribution >= 4 is 11.6 Å². The second-order valence-electron chi connectivity index (χ2n) is 5.57. The van der Waals surface area contributed by atoms with E-state index in [4.69, 9.17) is 26.8 Å². The maximum atomic E-state index is 6.23. The van der Waals surface area contributed by atoms with Crippen molar-refractivity contribution in [3.05, 3.63) is 28.8 Å². The Morgan fingerprint density at radius 3 is 3.00 bits per heavy atom. The maximum absolute atomic E-state index is 6.23. The van der Waals surface area contributed by atoms with Crippen LogP contribution in [0.25, 0.3) is 0 Å². The summed E-state index contributed by atoms with van der Waals surface area (Å²) in [6, 6.07) is 6.06. The summed E-state index contributed by atoms with van der Waals surface area (Å²) in [5.74, 6) is 0.757. The molecule has 1 aliphatic heterocycles. The van der Waals surface area contributed by atoms with Crippen molar-refractivity contribution in [2.75, 3.05) is 13.2 Å². The van der Waals surface area contributed by atoms with E-state index in [0.29, 0.717) is 17.7 Å². The molecule has 0 bridgehead atoms. The molecule has 1 heterocycles. The number of hydrogen-bond donors (Lipinski definition) is 1. The average molecular weight is 298 g/mol. The summed E-state index contributed by atoms with van der Waals surface area (Å²) < 4.78 is 11.3. The molecule has 0 aliphatic carbocycles. The predicted octanol–water partition coefficient (Wildman–Crippen LogP) is 3.57. The molecule has 3 nitrogen and oxygen atoms in total. The SMILES string of the molecule is CC(N)Cc1ccc(OCCCC2CCCO2)c(Cl)c1. The number of halogens is 1. The molecule has 2 N–H and O–H groups in total. The van der Waals surface area contributed by atoms with Gasteiger partial charge in [-0.3, -0.25) is 0 Å². The average Bonchev–Trinajstić information content (AvgIpc) is 2.89. The van der Waals surface area contributed by atoms with Crippen molar-refractivity contribution in [2.24, 2.45) is 5.73 Å². The molecule has 0 saturated carbocycles. The van der Waals surface area contributed by atoms with Gasteiger partial charge in [0.1, 0.15) is 5.75 Å². The lowest BCUT2D eigenvalue weighted by atomic mass is 10.1. The van der Waals surface area contributed by atoms with E-state index in [1.165, 1.54) is 12.8 Å². The van der Waals surface area contributed by atoms with Crippen LogP contribution >= 0.6 is 11.6 Å². The molecule has 1 fully saturated rings. The van der Waals surface area contributed by atoms with Gasteiger partial charge in [0, 0.05) is 12.6 Å². The Kier molecular flexibility index (Phi) is 6.14. The van der Waals surface area contributed by atoms with Gasteiger partial charge in [-0.25, -0.2) is 0 Å². The summed E-state index contributed by atoms with van der Waals surface area (Å²) in [5, 5.41) is 0.667. The molecule has 1 aromatic rings. The van der Waals surface area contributed by atoms with Gasteiger partial charge in [-0.1, -0.05) is 17.7 Å². The first-order chi connectivity index (χ1) is 9.65. The highest BCUT2D eigenvalue weighted by Crippen LogP contribution is 2.26. The monoisotopic (exact) mass is 297 g/mol. The third-order valence-electron chi connectivity index (χ3n) is 3.51. The van der Waals surface area contributed by atoms with Gasteiger partial charge in [-0.2, -0.15) is 0 Å². The number of rotatable bonds is 7. The van der Waals surface area contributed by atoms with Gasteiger partial charge in [-0.15, -0.1) is 0 Å². The van der Waals surface area contributed by atoms with Crippen LogP contribution in [0.15, 0.2) is 18.2 Å². The highest BCUT2D eigenvalue weighted by molar-refractivity contribution is 6.32. The Labute approximate surface area is 126 Å². The Balaban J connectivity index is 1.74. The fourth-order valence-corrected chi connectivity index (χ4v) is 2.78.